The van der Waals surface area contributed by atoms with E-state index in [0.29, 0.717) is 46.8 Å². The molecule has 0 spiro atoms. The van der Waals surface area contributed by atoms with Crippen LogP contribution in [0.3, 0.4) is 0 Å². The predicted octanol–water partition coefficient (Wildman–Crippen LogP) is 10.9. The number of nitrogens with zero attached hydrogens (tertiary/aromatic N) is 4. The number of hydrogen-bond acceptors (Lipinski definition) is 6. The van der Waals surface area contributed by atoms with Gasteiger partial charge in [0.05, 0.1) is 51.5 Å². The molecule has 0 unspecified atom stereocenters. The largest absolute Gasteiger partial charge is 1.00 e. The number of aromatic nitrogens is 4. The normalized spacial score (nSPS) is 12.4. The van der Waals surface area contributed by atoms with Crippen molar-refractivity contribution in [1.82, 2.24) is 19.6 Å². The third kappa shape index (κ3) is 11.3. The zero-order valence-corrected chi connectivity index (χ0v) is 40.3. The van der Waals surface area contributed by atoms with Gasteiger partial charge in [0.15, 0.2) is 0 Å². The third-order valence-electron chi connectivity index (χ3n) is 10.3. The first kappa shape index (κ1) is 59.1. The van der Waals surface area contributed by atoms with Crippen molar-refractivity contribution in [3.05, 3.63) is 140 Å². The summed E-state index contributed by atoms with van der Waals surface area (Å²) in [5.74, 6) is -1.93. The summed E-state index contributed by atoms with van der Waals surface area (Å²) in [5, 5.41) is 17.6. The van der Waals surface area contributed by atoms with Crippen LogP contribution >= 0.6 is 23.2 Å². The average molecular weight is 1060 g/mol. The van der Waals surface area contributed by atoms with E-state index in [2.05, 4.69) is 10.2 Å². The number of carbonyl (C=O) groups excluding carboxylic acids is 1. The second kappa shape index (κ2) is 21.3. The second-order valence-electron chi connectivity index (χ2n) is 15.0. The number of aromatic carboxylic acids is 1. The van der Waals surface area contributed by atoms with Crippen LogP contribution in [-0.4, -0.2) is 73.4 Å². The smallest absolute Gasteiger partial charge is 0.870 e. The number of benzene rings is 4. The Labute approximate surface area is 419 Å². The molecule has 0 aliphatic heterocycles. The molecular weight excluding hydrogens is 1020 g/mol. The van der Waals surface area contributed by atoms with Crippen LogP contribution in [0.5, 0.6) is 0 Å². The molecule has 372 valence electrons. The number of esters is 1. The van der Waals surface area contributed by atoms with Crippen LogP contribution in [0.1, 0.15) is 61.0 Å². The van der Waals surface area contributed by atoms with E-state index in [4.69, 9.17) is 27.9 Å². The first-order valence-electron chi connectivity index (χ1n) is 19.2. The number of carbonyl (C=O) groups is 2. The average Bonchev–Trinajstić information content (AvgIpc) is 3.90. The molecule has 2 aromatic heterocycles. The van der Waals surface area contributed by atoms with Gasteiger partial charge in [-0.1, -0.05) is 47.5 Å². The van der Waals surface area contributed by atoms with Crippen molar-refractivity contribution in [2.75, 3.05) is 6.61 Å². The van der Waals surface area contributed by atoms with E-state index in [-0.39, 0.29) is 96.2 Å². The topological polar surface area (TPSA) is 129 Å². The molecule has 26 heteroatoms. The molecule has 0 aliphatic carbocycles. The van der Waals surface area contributed by atoms with Gasteiger partial charge in [-0.25, -0.2) is 27.7 Å². The Bertz CT molecular complexity index is 2820. The summed E-state index contributed by atoms with van der Waals surface area (Å²) in [6.07, 6.45) is -19.4. The molecule has 0 saturated carbocycles. The van der Waals surface area contributed by atoms with Gasteiger partial charge in [0.2, 0.25) is 0 Å². The Kier molecular flexibility index (Phi) is 17.9. The zero-order chi connectivity index (χ0) is 51.3. The van der Waals surface area contributed by atoms with Gasteiger partial charge in [-0.05, 0) is 104 Å². The fraction of sp³-hybridized carbons (Fsp3) is 0.273. The van der Waals surface area contributed by atoms with Crippen LogP contribution in [-0.2, 0) is 16.1 Å². The number of alkyl halides is 14. The minimum atomic E-state index is -6.22. The van der Waals surface area contributed by atoms with Gasteiger partial charge in [-0.3, -0.25) is 0 Å². The first-order valence-corrected chi connectivity index (χ1v) is 19.9. The van der Waals surface area contributed by atoms with E-state index in [1.807, 2.05) is 0 Å². The maximum atomic E-state index is 14.5. The van der Waals surface area contributed by atoms with Crippen molar-refractivity contribution in [2.45, 2.75) is 70.7 Å². The van der Waals surface area contributed by atoms with Crippen molar-refractivity contribution in [1.29, 1.82) is 0 Å². The monoisotopic (exact) mass is 1060 g/mol. The van der Waals surface area contributed by atoms with Crippen LogP contribution < -0.4 is 29.6 Å². The number of ether oxygens (including phenoxy) is 1. The van der Waals surface area contributed by atoms with E-state index < -0.39 is 59.1 Å². The molecule has 0 atom stereocenters. The standard InChI is InChI=1S/C23H18ClF7N2O2.C21H14ClF7N2O2.Na.H2O/c1-4-35-20(34)17-9-16(5-6-18(17)24)33-11-14(10-32-33)19-12(2)7-15(8-13(19)3)21(25,22(26,27)28)23(29,30)31;1-10-5-13(19(23,20(24,25)26)21(27,28)29)6-11(2)17(10)12-8-30-31(9-12)14-3-4-16(22)15(7-14)18(32)33;;/h5-11H,4H2,1-3H3;3-9H,1-2H3,(H,32,33);;1H2/q;;+1;/p-1. The van der Waals surface area contributed by atoms with Crippen LogP contribution in [0.2, 0.25) is 10.0 Å². The summed E-state index contributed by atoms with van der Waals surface area (Å²) < 4.78 is 194. The van der Waals surface area contributed by atoms with Crippen LogP contribution in [0, 0.1) is 27.7 Å². The molecule has 4 aromatic carbocycles. The van der Waals surface area contributed by atoms with Gasteiger partial charge in [0.1, 0.15) is 0 Å². The molecule has 0 radical (unpaired) electrons. The molecule has 0 aliphatic rings. The minimum absolute atomic E-state index is 0. The number of aryl methyl sites for hydroxylation is 4. The van der Waals surface area contributed by atoms with Crippen LogP contribution in [0.15, 0.2) is 85.5 Å². The van der Waals surface area contributed by atoms with Crippen molar-refractivity contribution in [3.8, 4) is 33.6 Å². The molecule has 0 bridgehead atoms. The molecule has 9 nitrogen and oxygen atoms in total. The number of carboxylic acid groups (broad SMARTS) is 1. The van der Waals surface area contributed by atoms with Gasteiger partial charge in [-0.2, -0.15) is 62.9 Å². The summed E-state index contributed by atoms with van der Waals surface area (Å²) in [4.78, 5) is 23.4. The second-order valence-corrected chi connectivity index (χ2v) is 15.8. The number of rotatable bonds is 9. The van der Waals surface area contributed by atoms with E-state index in [9.17, 15) is 76.2 Å². The van der Waals surface area contributed by atoms with Crippen LogP contribution in [0.4, 0.5) is 61.5 Å². The van der Waals surface area contributed by atoms with Gasteiger partial charge in [0.25, 0.3) is 0 Å². The summed E-state index contributed by atoms with van der Waals surface area (Å²) >= 11 is 11.9. The summed E-state index contributed by atoms with van der Waals surface area (Å²) in [6, 6.07) is 10.5. The van der Waals surface area contributed by atoms with Gasteiger partial charge in [0, 0.05) is 34.6 Å². The Balaban J connectivity index is 0.000000361. The molecule has 6 rings (SSSR count). The summed E-state index contributed by atoms with van der Waals surface area (Å²) in [5.41, 5.74) is -12.5. The SMILES string of the molecule is CCOC(=O)c1cc(-n2cc(-c3c(C)cc(C(F)(C(F)(F)F)C(F)(F)F)cc3C)cn2)ccc1Cl.Cc1cc(C(F)(C(F)(F)F)C(F)(F)F)cc(C)c1-c1cnn(-c2ccc(Cl)c(C(=O)O)c2)c1.[Na+].[OH-]. The van der Waals surface area contributed by atoms with Crippen molar-refractivity contribution < 1.29 is 116 Å². The van der Waals surface area contributed by atoms with Gasteiger partial charge < -0.3 is 15.3 Å². The maximum Gasteiger partial charge on any atom is 1.00 e. The fourth-order valence-corrected chi connectivity index (χ4v) is 7.63. The molecule has 6 aromatic rings. The quantitative estimate of drug-likeness (QED) is 0.0867. The zero-order valence-electron chi connectivity index (χ0n) is 36.7. The van der Waals surface area contributed by atoms with Gasteiger partial charge >= 0.3 is 77.5 Å². The predicted molar refractivity (Wildman–Crippen MR) is 222 cm³/mol. The summed E-state index contributed by atoms with van der Waals surface area (Å²) in [7, 11) is 0. The Hall–Kier alpha value is -5.20. The Morgan fingerprint density at radius 3 is 1.19 bits per heavy atom. The molecule has 0 amide bonds. The fourth-order valence-electron chi connectivity index (χ4n) is 7.24. The number of hydrogen-bond donors (Lipinski definition) is 1. The van der Waals surface area contributed by atoms with Crippen molar-refractivity contribution >= 4 is 35.1 Å². The molecular formula is C44H33Cl2F14N4NaO5. The third-order valence-corrected chi connectivity index (χ3v) is 11.0. The number of halogens is 16. The minimum Gasteiger partial charge on any atom is -0.870 e. The maximum absolute atomic E-state index is 14.5. The molecule has 70 heavy (non-hydrogen) atoms. The molecule has 2 heterocycles. The van der Waals surface area contributed by atoms with Crippen LogP contribution in [0.25, 0.3) is 33.6 Å². The van der Waals surface area contributed by atoms with E-state index in [1.165, 1.54) is 92.2 Å². The summed E-state index contributed by atoms with van der Waals surface area (Å²) in [6.45, 7) is 6.81. The first-order chi connectivity index (χ1) is 31.2. The Morgan fingerprint density at radius 1 is 0.571 bits per heavy atom. The number of carboxylic acids is 1. The Morgan fingerprint density at radius 2 is 0.886 bits per heavy atom. The van der Waals surface area contributed by atoms with E-state index in [1.54, 1.807) is 13.0 Å². The van der Waals surface area contributed by atoms with Gasteiger partial charge in [-0.15, -0.1) is 0 Å². The molecule has 0 fully saturated rings. The van der Waals surface area contributed by atoms with E-state index in [0.717, 1.165) is 0 Å². The molecule has 0 saturated heterocycles. The van der Waals surface area contributed by atoms with Crippen molar-refractivity contribution in [3.63, 3.8) is 0 Å². The van der Waals surface area contributed by atoms with Crippen molar-refractivity contribution in [2.24, 2.45) is 0 Å². The van der Waals surface area contributed by atoms with E-state index >= 15 is 0 Å². The molecule has 2 N–H and O–H groups in total.